The molecule has 0 spiro atoms. The van der Waals surface area contributed by atoms with E-state index in [1.54, 1.807) is 0 Å². The van der Waals surface area contributed by atoms with Gasteiger partial charge in [0.15, 0.2) is 0 Å². The van der Waals surface area contributed by atoms with Gasteiger partial charge in [-0.05, 0) is 15.9 Å². The van der Waals surface area contributed by atoms with Crippen molar-refractivity contribution >= 4 is 15.9 Å². The molecule has 0 aromatic heterocycles. The van der Waals surface area contributed by atoms with Gasteiger partial charge >= 0.3 is 0 Å². The van der Waals surface area contributed by atoms with Gasteiger partial charge < -0.3 is 0 Å². The van der Waals surface area contributed by atoms with E-state index in [0.29, 0.717) is 0 Å². The van der Waals surface area contributed by atoms with Crippen molar-refractivity contribution in [3.8, 4) is 0 Å². The molecule has 0 aromatic carbocycles. The van der Waals surface area contributed by atoms with Gasteiger partial charge in [0.2, 0.25) is 0 Å². The molecule has 0 aromatic rings. The first-order valence-corrected chi connectivity index (χ1v) is 2.21. The molecule has 0 aliphatic carbocycles. The minimum absolute atomic E-state index is 0.176. The summed E-state index contributed by atoms with van der Waals surface area (Å²) < 4.78 is 32.4. The fourth-order valence-electron chi connectivity index (χ4n) is 0.0476. The zero-order chi connectivity index (χ0) is 5.86. The van der Waals surface area contributed by atoms with Crippen LogP contribution in [0, 0.1) is 0 Å². The van der Waals surface area contributed by atoms with Crippen LogP contribution in [0.15, 0.2) is 10.8 Å². The topological polar surface area (TPSA) is 0 Å². The van der Waals surface area contributed by atoms with E-state index < -0.39 is 10.9 Å². The summed E-state index contributed by atoms with van der Waals surface area (Å²) in [4.78, 5) is 0. The lowest BCUT2D eigenvalue weighted by atomic mass is 10.7. The van der Waals surface area contributed by atoms with Crippen LogP contribution in [0.5, 0.6) is 0 Å². The molecule has 0 aliphatic rings. The normalized spacial score (nSPS) is 13.0. The van der Waals surface area contributed by atoms with Crippen LogP contribution in [-0.2, 0) is 0 Å². The maximum Gasteiger partial charge on any atom is 0.272 e. The summed E-state index contributed by atoms with van der Waals surface area (Å²) in [5.74, 6) is 0. The number of allylic oxidation sites excluding steroid dienone is 1. The fourth-order valence-corrected chi connectivity index (χ4v) is 0.0476. The summed E-state index contributed by atoms with van der Waals surface area (Å²) in [7, 11) is 0. The first kappa shape index (κ1) is 7.01. The fraction of sp³-hybridized carbons (Fsp3) is 0.333. The molecular weight excluding hydrogens is 173 g/mol. The van der Waals surface area contributed by atoms with Crippen molar-refractivity contribution in [3.05, 3.63) is 10.8 Å². The molecule has 0 amide bonds. The number of rotatable bonds is 1. The predicted molar refractivity (Wildman–Crippen MR) is 24.1 cm³/mol. The van der Waals surface area contributed by atoms with Gasteiger partial charge in [-0.2, -0.15) is 0 Å². The van der Waals surface area contributed by atoms with E-state index in [4.69, 9.17) is 0 Å². The molecule has 7 heavy (non-hydrogen) atoms. The summed E-state index contributed by atoms with van der Waals surface area (Å²) in [5.41, 5.74) is 0. The van der Waals surface area contributed by atoms with Gasteiger partial charge in [-0.25, -0.2) is 13.2 Å². The third-order valence-electron chi connectivity index (χ3n) is 0.313. The second-order valence-corrected chi connectivity index (χ2v) is 1.71. The van der Waals surface area contributed by atoms with Gasteiger partial charge in [0.05, 0.1) is 4.48 Å². The summed E-state index contributed by atoms with van der Waals surface area (Å²) in [6, 6.07) is 0. The SMILES string of the molecule is FC=C(Br)C(F)F. The van der Waals surface area contributed by atoms with Gasteiger partial charge in [-0.1, -0.05) is 0 Å². The molecule has 0 bridgehead atoms. The maximum atomic E-state index is 11.1. The molecule has 0 atom stereocenters. The summed E-state index contributed by atoms with van der Waals surface area (Å²) in [5, 5.41) is 0. The molecule has 0 saturated carbocycles. The van der Waals surface area contributed by atoms with Crippen LogP contribution in [0.4, 0.5) is 13.2 Å². The van der Waals surface area contributed by atoms with Crippen LogP contribution < -0.4 is 0 Å². The van der Waals surface area contributed by atoms with Crippen molar-refractivity contribution < 1.29 is 13.2 Å². The lowest BCUT2D eigenvalue weighted by Gasteiger charge is -1.87. The standard InChI is InChI=1S/C3H2BrF3/c4-2(1-5)3(6)7/h1,3H. The minimum Gasteiger partial charge on any atom is -0.214 e. The highest BCUT2D eigenvalue weighted by Crippen LogP contribution is 2.14. The Morgan fingerprint density at radius 2 is 2.00 bits per heavy atom. The van der Waals surface area contributed by atoms with Gasteiger partial charge in [-0.15, -0.1) is 0 Å². The molecular formula is C3H2BrF3. The highest BCUT2D eigenvalue weighted by molar-refractivity contribution is 9.11. The third-order valence-corrected chi connectivity index (χ3v) is 0.832. The van der Waals surface area contributed by atoms with Crippen LogP contribution in [0.3, 0.4) is 0 Å². The molecule has 0 radical (unpaired) electrons. The summed E-state index contributed by atoms with van der Waals surface area (Å²) in [6.07, 6.45) is -2.91. The highest BCUT2D eigenvalue weighted by atomic mass is 79.9. The molecule has 42 valence electrons. The van der Waals surface area contributed by atoms with Crippen molar-refractivity contribution in [1.29, 1.82) is 0 Å². The predicted octanol–water partition coefficient (Wildman–Crippen LogP) is 2.46. The van der Waals surface area contributed by atoms with E-state index in [0.717, 1.165) is 0 Å². The third kappa shape index (κ3) is 2.68. The second kappa shape index (κ2) is 3.07. The Morgan fingerprint density at radius 3 is 2.00 bits per heavy atom. The van der Waals surface area contributed by atoms with Crippen LogP contribution >= 0.6 is 15.9 Å². The Hall–Kier alpha value is 0.01000. The van der Waals surface area contributed by atoms with Crippen molar-refractivity contribution in [3.63, 3.8) is 0 Å². The molecule has 4 heteroatoms. The van der Waals surface area contributed by atoms with Crippen LogP contribution in [0.1, 0.15) is 0 Å². The van der Waals surface area contributed by atoms with Gasteiger partial charge in [-0.3, -0.25) is 0 Å². The Morgan fingerprint density at radius 1 is 1.57 bits per heavy atom. The molecule has 0 saturated heterocycles. The number of hydrogen-bond acceptors (Lipinski definition) is 0. The Balaban J connectivity index is 3.56. The largest absolute Gasteiger partial charge is 0.272 e. The first-order valence-electron chi connectivity index (χ1n) is 1.42. The summed E-state index contributed by atoms with van der Waals surface area (Å²) in [6.45, 7) is 0. The van der Waals surface area contributed by atoms with Crippen molar-refractivity contribution in [1.82, 2.24) is 0 Å². The Kier molecular flexibility index (Phi) is 3.07. The van der Waals surface area contributed by atoms with E-state index in [9.17, 15) is 13.2 Å². The zero-order valence-corrected chi connectivity index (χ0v) is 4.75. The van der Waals surface area contributed by atoms with E-state index >= 15 is 0 Å². The molecule has 0 aliphatic heterocycles. The summed E-state index contributed by atoms with van der Waals surface area (Å²) >= 11 is 2.28. The molecule has 0 N–H and O–H groups in total. The quantitative estimate of drug-likeness (QED) is 0.574. The zero-order valence-electron chi connectivity index (χ0n) is 3.17. The van der Waals surface area contributed by atoms with Crippen LogP contribution in [-0.4, -0.2) is 6.43 Å². The minimum atomic E-state index is -2.73. The lowest BCUT2D eigenvalue weighted by molar-refractivity contribution is 0.199. The van der Waals surface area contributed by atoms with E-state index in [1.165, 1.54) is 0 Å². The molecule has 0 unspecified atom stereocenters. The average Bonchev–Trinajstić information content (AvgIpc) is 1.65. The van der Waals surface area contributed by atoms with Gasteiger partial charge in [0.1, 0.15) is 6.33 Å². The average molecular weight is 175 g/mol. The number of alkyl halides is 2. The second-order valence-electron chi connectivity index (χ2n) is 0.795. The van der Waals surface area contributed by atoms with Crippen molar-refractivity contribution in [2.75, 3.05) is 0 Å². The monoisotopic (exact) mass is 174 g/mol. The first-order chi connectivity index (χ1) is 3.18. The Bertz CT molecular complexity index is 78.2. The van der Waals surface area contributed by atoms with Gasteiger partial charge in [0, 0.05) is 0 Å². The number of hydrogen-bond donors (Lipinski definition) is 0. The number of halogens is 4. The van der Waals surface area contributed by atoms with E-state index in [2.05, 4.69) is 15.9 Å². The molecule has 0 heterocycles. The maximum absolute atomic E-state index is 11.1. The van der Waals surface area contributed by atoms with Crippen LogP contribution in [0.25, 0.3) is 0 Å². The Labute approximate surface area is 47.1 Å². The molecule has 0 rings (SSSR count). The van der Waals surface area contributed by atoms with Crippen molar-refractivity contribution in [2.24, 2.45) is 0 Å². The van der Waals surface area contributed by atoms with E-state index in [-0.39, 0.29) is 6.33 Å². The van der Waals surface area contributed by atoms with Gasteiger partial charge in [0.25, 0.3) is 6.43 Å². The van der Waals surface area contributed by atoms with Crippen molar-refractivity contribution in [2.45, 2.75) is 6.43 Å². The molecule has 0 nitrogen and oxygen atoms in total. The van der Waals surface area contributed by atoms with E-state index in [1.807, 2.05) is 0 Å². The highest BCUT2D eigenvalue weighted by Gasteiger charge is 2.04. The lowest BCUT2D eigenvalue weighted by Crippen LogP contribution is -1.85. The van der Waals surface area contributed by atoms with Crippen LogP contribution in [0.2, 0.25) is 0 Å². The molecule has 0 fully saturated rings. The smallest absolute Gasteiger partial charge is 0.214 e.